The molecule has 0 heterocycles. The Bertz CT molecular complexity index is 569. The van der Waals surface area contributed by atoms with Crippen LogP contribution in [0.4, 0.5) is 5.69 Å². The number of benzene rings is 1. The van der Waals surface area contributed by atoms with E-state index in [1.807, 2.05) is 0 Å². The Kier molecular flexibility index (Phi) is 4.91. The molecule has 1 aliphatic rings. The van der Waals surface area contributed by atoms with Crippen LogP contribution in [0.3, 0.4) is 0 Å². The van der Waals surface area contributed by atoms with Crippen LogP contribution in [0.15, 0.2) is 18.2 Å². The molecule has 0 aromatic heterocycles. The van der Waals surface area contributed by atoms with Gasteiger partial charge in [0.05, 0.1) is 11.3 Å². The molecule has 21 heavy (non-hydrogen) atoms. The number of anilines is 1. The number of carboxylic acid groups (broad SMARTS) is 1. The summed E-state index contributed by atoms with van der Waals surface area (Å²) < 4.78 is 0.834. The Labute approximate surface area is 138 Å². The van der Waals surface area contributed by atoms with Crippen molar-refractivity contribution >= 4 is 40.2 Å². The van der Waals surface area contributed by atoms with Crippen molar-refractivity contribution in [2.45, 2.75) is 39.5 Å². The van der Waals surface area contributed by atoms with Crippen molar-refractivity contribution in [3.05, 3.63) is 27.3 Å². The van der Waals surface area contributed by atoms with Crippen molar-refractivity contribution in [2.75, 3.05) is 5.32 Å². The summed E-state index contributed by atoms with van der Waals surface area (Å²) in [7, 11) is 0. The molecule has 1 aromatic carbocycles. The van der Waals surface area contributed by atoms with E-state index >= 15 is 0 Å². The van der Waals surface area contributed by atoms with Crippen LogP contribution in [0.2, 0.25) is 0 Å². The summed E-state index contributed by atoms with van der Waals surface area (Å²) in [6, 6.07) is 5.04. The molecule has 1 aliphatic carbocycles. The van der Waals surface area contributed by atoms with E-state index in [2.05, 4.69) is 41.8 Å². The minimum atomic E-state index is -1.02. The van der Waals surface area contributed by atoms with Gasteiger partial charge in [-0.1, -0.05) is 26.7 Å². The molecule has 1 saturated carbocycles. The van der Waals surface area contributed by atoms with Crippen molar-refractivity contribution in [3.8, 4) is 0 Å². The number of nitrogens with one attached hydrogen (secondary N) is 1. The lowest BCUT2D eigenvalue weighted by molar-refractivity contribution is -0.124. The number of halogens is 1. The van der Waals surface area contributed by atoms with Crippen LogP contribution < -0.4 is 5.32 Å². The molecule has 0 radical (unpaired) electrons. The van der Waals surface area contributed by atoms with Gasteiger partial charge in [0.25, 0.3) is 0 Å². The van der Waals surface area contributed by atoms with Gasteiger partial charge in [0.2, 0.25) is 5.91 Å². The Hall–Kier alpha value is -1.11. The number of carbonyl (C=O) groups excluding carboxylic acids is 1. The van der Waals surface area contributed by atoms with E-state index in [0.29, 0.717) is 5.69 Å². The number of hydrogen-bond donors (Lipinski definition) is 2. The molecule has 2 N–H and O–H groups in total. The Morgan fingerprint density at radius 3 is 2.67 bits per heavy atom. The topological polar surface area (TPSA) is 66.4 Å². The van der Waals surface area contributed by atoms with E-state index in [1.165, 1.54) is 0 Å². The van der Waals surface area contributed by atoms with Crippen LogP contribution in [0.5, 0.6) is 0 Å². The summed E-state index contributed by atoms with van der Waals surface area (Å²) in [6.07, 6.45) is 4.11. The maximum absolute atomic E-state index is 12.5. The van der Waals surface area contributed by atoms with Gasteiger partial charge in [-0.2, -0.15) is 0 Å². The number of aromatic carboxylic acids is 1. The summed E-state index contributed by atoms with van der Waals surface area (Å²) in [4.78, 5) is 23.8. The van der Waals surface area contributed by atoms with Gasteiger partial charge in [0, 0.05) is 9.49 Å². The van der Waals surface area contributed by atoms with Gasteiger partial charge >= 0.3 is 5.97 Å². The van der Waals surface area contributed by atoms with Crippen LogP contribution in [0.25, 0.3) is 0 Å². The summed E-state index contributed by atoms with van der Waals surface area (Å²) in [5, 5.41) is 12.1. The molecule has 1 atom stereocenters. The predicted octanol–water partition coefficient (Wildman–Crippen LogP) is 4.14. The monoisotopic (exact) mass is 401 g/mol. The molecule has 0 aliphatic heterocycles. The Balaban J connectivity index is 2.22. The average Bonchev–Trinajstić information content (AvgIpc) is 2.39. The lowest BCUT2D eigenvalue weighted by atomic mass is 9.68. The fraction of sp³-hybridized carbons (Fsp3) is 0.500. The summed E-state index contributed by atoms with van der Waals surface area (Å²) in [5.74, 6) is -1.15. The summed E-state index contributed by atoms with van der Waals surface area (Å²) in [5.41, 5.74) is 0.493. The van der Waals surface area contributed by atoms with Crippen LogP contribution in [0, 0.1) is 14.9 Å². The first-order chi connectivity index (χ1) is 9.81. The molecular weight excluding hydrogens is 381 g/mol. The third kappa shape index (κ3) is 3.75. The molecule has 114 valence electrons. The first-order valence-electron chi connectivity index (χ1n) is 7.15. The van der Waals surface area contributed by atoms with Crippen LogP contribution in [-0.2, 0) is 4.79 Å². The summed E-state index contributed by atoms with van der Waals surface area (Å²) >= 11 is 2.06. The van der Waals surface area contributed by atoms with Gasteiger partial charge in [0.15, 0.2) is 0 Å². The molecule has 0 saturated heterocycles. The van der Waals surface area contributed by atoms with E-state index in [4.69, 9.17) is 0 Å². The lowest BCUT2D eigenvalue weighted by Gasteiger charge is -2.37. The second kappa shape index (κ2) is 6.34. The highest BCUT2D eigenvalue weighted by molar-refractivity contribution is 14.1. The van der Waals surface area contributed by atoms with Gasteiger partial charge in [0.1, 0.15) is 0 Å². The number of amides is 1. The smallest absolute Gasteiger partial charge is 0.337 e. The SMILES string of the molecule is CC1(C)CCCCC1C(=O)Nc1ccc(I)cc1C(=O)O. The zero-order valence-electron chi connectivity index (χ0n) is 12.3. The Morgan fingerprint density at radius 1 is 1.33 bits per heavy atom. The number of hydrogen-bond acceptors (Lipinski definition) is 2. The van der Waals surface area contributed by atoms with Crippen LogP contribution >= 0.6 is 22.6 Å². The van der Waals surface area contributed by atoms with Crippen molar-refractivity contribution in [1.29, 1.82) is 0 Å². The quantitative estimate of drug-likeness (QED) is 0.749. The van der Waals surface area contributed by atoms with Crippen molar-refractivity contribution in [1.82, 2.24) is 0 Å². The van der Waals surface area contributed by atoms with Gasteiger partial charge in [-0.15, -0.1) is 0 Å². The lowest BCUT2D eigenvalue weighted by Crippen LogP contribution is -2.37. The van der Waals surface area contributed by atoms with Crippen molar-refractivity contribution in [2.24, 2.45) is 11.3 Å². The minimum Gasteiger partial charge on any atom is -0.478 e. The van der Waals surface area contributed by atoms with Gasteiger partial charge in [-0.05, 0) is 59.0 Å². The molecule has 1 fully saturated rings. The van der Waals surface area contributed by atoms with E-state index in [9.17, 15) is 14.7 Å². The average molecular weight is 401 g/mol. The largest absolute Gasteiger partial charge is 0.478 e. The Morgan fingerprint density at radius 2 is 2.05 bits per heavy atom. The van der Waals surface area contributed by atoms with Crippen LogP contribution in [-0.4, -0.2) is 17.0 Å². The van der Waals surface area contributed by atoms with Gasteiger partial charge in [-0.25, -0.2) is 4.79 Å². The van der Waals surface area contributed by atoms with Crippen LogP contribution in [0.1, 0.15) is 49.9 Å². The van der Waals surface area contributed by atoms with E-state index in [0.717, 1.165) is 29.3 Å². The third-order valence-electron chi connectivity index (χ3n) is 4.29. The van der Waals surface area contributed by atoms with Crippen molar-refractivity contribution in [3.63, 3.8) is 0 Å². The highest BCUT2D eigenvalue weighted by atomic mass is 127. The second-order valence-electron chi connectivity index (χ2n) is 6.27. The fourth-order valence-corrected chi connectivity index (χ4v) is 3.49. The highest BCUT2D eigenvalue weighted by Crippen LogP contribution is 2.41. The third-order valence-corrected chi connectivity index (χ3v) is 4.96. The maximum atomic E-state index is 12.5. The summed E-state index contributed by atoms with van der Waals surface area (Å²) in [6.45, 7) is 4.23. The molecule has 0 spiro atoms. The molecular formula is C16H20INO3. The van der Waals surface area contributed by atoms with E-state index < -0.39 is 5.97 Å². The van der Waals surface area contributed by atoms with E-state index in [-0.39, 0.29) is 22.8 Å². The standard InChI is InChI=1S/C16H20INO3/c1-16(2)8-4-3-5-12(16)14(19)18-13-7-6-10(17)9-11(13)15(20)21/h6-7,9,12H,3-5,8H2,1-2H3,(H,18,19)(H,20,21). The molecule has 4 nitrogen and oxygen atoms in total. The normalized spacial score (nSPS) is 20.8. The molecule has 1 aromatic rings. The first kappa shape index (κ1) is 16.3. The minimum absolute atomic E-state index is 0.0328. The molecule has 1 amide bonds. The van der Waals surface area contributed by atoms with Crippen molar-refractivity contribution < 1.29 is 14.7 Å². The predicted molar refractivity (Wildman–Crippen MR) is 90.5 cm³/mol. The fourth-order valence-electron chi connectivity index (χ4n) is 3.00. The zero-order valence-corrected chi connectivity index (χ0v) is 14.4. The number of rotatable bonds is 3. The number of carboxylic acids is 1. The molecule has 2 rings (SSSR count). The maximum Gasteiger partial charge on any atom is 0.337 e. The molecule has 1 unspecified atom stereocenters. The molecule has 5 heteroatoms. The van der Waals surface area contributed by atoms with Gasteiger partial charge < -0.3 is 10.4 Å². The number of carbonyl (C=O) groups is 2. The first-order valence-corrected chi connectivity index (χ1v) is 8.23. The van der Waals surface area contributed by atoms with Gasteiger partial charge in [-0.3, -0.25) is 4.79 Å². The van der Waals surface area contributed by atoms with E-state index in [1.54, 1.807) is 18.2 Å². The zero-order chi connectivity index (χ0) is 15.6. The second-order valence-corrected chi connectivity index (χ2v) is 7.52. The highest BCUT2D eigenvalue weighted by Gasteiger charge is 2.37. The molecule has 0 bridgehead atoms.